The van der Waals surface area contributed by atoms with Crippen LogP contribution < -0.4 is 15.4 Å². The van der Waals surface area contributed by atoms with Gasteiger partial charge in [0.2, 0.25) is 0 Å². The first-order chi connectivity index (χ1) is 11.0. The van der Waals surface area contributed by atoms with Gasteiger partial charge in [-0.2, -0.15) is 0 Å². The molecule has 0 aliphatic carbocycles. The molecule has 0 aromatic heterocycles. The average molecular weight is 335 g/mol. The van der Waals surface area contributed by atoms with Crippen LogP contribution in [0.5, 0.6) is 5.75 Å². The number of halogens is 1. The Balaban J connectivity index is 2.04. The molecule has 0 saturated heterocycles. The highest BCUT2D eigenvalue weighted by Crippen LogP contribution is 2.30. The Kier molecular flexibility index (Phi) is 5.84. The highest BCUT2D eigenvalue weighted by molar-refractivity contribution is 6.31. The molecule has 0 unspecified atom stereocenters. The van der Waals surface area contributed by atoms with E-state index in [0.29, 0.717) is 23.0 Å². The first-order valence-corrected chi connectivity index (χ1v) is 7.49. The van der Waals surface area contributed by atoms with Crippen LogP contribution in [0.1, 0.15) is 16.7 Å². The number of methoxy groups -OCH3 is 1. The highest BCUT2D eigenvalue weighted by atomic mass is 35.5. The van der Waals surface area contributed by atoms with E-state index < -0.39 is 0 Å². The van der Waals surface area contributed by atoms with Crippen molar-refractivity contribution in [1.29, 1.82) is 0 Å². The molecule has 0 bridgehead atoms. The summed E-state index contributed by atoms with van der Waals surface area (Å²) in [6, 6.07) is 10.4. The van der Waals surface area contributed by atoms with Crippen LogP contribution in [-0.4, -0.2) is 18.2 Å². The van der Waals surface area contributed by atoms with Gasteiger partial charge in [0.05, 0.1) is 19.4 Å². The second-order valence-electron chi connectivity index (χ2n) is 5.04. The van der Waals surface area contributed by atoms with E-state index in [4.69, 9.17) is 16.3 Å². The second kappa shape index (κ2) is 7.85. The third-order valence-electron chi connectivity index (χ3n) is 3.46. The zero-order valence-corrected chi connectivity index (χ0v) is 13.8. The Morgan fingerprint density at radius 2 is 1.96 bits per heavy atom. The Morgan fingerprint density at radius 3 is 2.61 bits per heavy atom. The van der Waals surface area contributed by atoms with Crippen LogP contribution in [0.4, 0.5) is 10.5 Å². The number of aliphatic hydroxyl groups excluding tert-OH is 1. The van der Waals surface area contributed by atoms with Crippen LogP contribution in [0, 0.1) is 6.92 Å². The third-order valence-corrected chi connectivity index (χ3v) is 3.86. The summed E-state index contributed by atoms with van der Waals surface area (Å²) in [5.41, 5.74) is 3.04. The van der Waals surface area contributed by atoms with Gasteiger partial charge in [0.15, 0.2) is 0 Å². The topological polar surface area (TPSA) is 70.6 Å². The molecule has 0 radical (unpaired) electrons. The van der Waals surface area contributed by atoms with Gasteiger partial charge in [0.1, 0.15) is 5.75 Å². The molecule has 0 aliphatic heterocycles. The molecule has 0 aliphatic rings. The fraction of sp³-hybridized carbons (Fsp3) is 0.235. The minimum Gasteiger partial charge on any atom is -0.495 e. The number of nitrogens with one attached hydrogen (secondary N) is 2. The summed E-state index contributed by atoms with van der Waals surface area (Å²) in [5.74, 6) is 0.492. The fourth-order valence-corrected chi connectivity index (χ4v) is 2.31. The lowest BCUT2D eigenvalue weighted by atomic mass is 10.1. The predicted octanol–water partition coefficient (Wildman–Crippen LogP) is 3.47. The fourth-order valence-electron chi connectivity index (χ4n) is 2.16. The molecule has 2 aromatic rings. The number of aliphatic hydroxyl groups is 1. The minimum absolute atomic E-state index is 0.0658. The predicted molar refractivity (Wildman–Crippen MR) is 91.0 cm³/mol. The van der Waals surface area contributed by atoms with Crippen LogP contribution in [-0.2, 0) is 13.2 Å². The van der Waals surface area contributed by atoms with Crippen LogP contribution in [0.3, 0.4) is 0 Å². The number of aryl methyl sites for hydroxylation is 1. The Labute approximate surface area is 140 Å². The monoisotopic (exact) mass is 334 g/mol. The van der Waals surface area contributed by atoms with E-state index in [1.807, 2.05) is 31.2 Å². The van der Waals surface area contributed by atoms with E-state index in [0.717, 1.165) is 16.7 Å². The Morgan fingerprint density at radius 1 is 1.26 bits per heavy atom. The van der Waals surface area contributed by atoms with Crippen molar-refractivity contribution in [3.63, 3.8) is 0 Å². The van der Waals surface area contributed by atoms with E-state index >= 15 is 0 Å². The van der Waals surface area contributed by atoms with Crippen molar-refractivity contribution in [2.45, 2.75) is 20.1 Å². The van der Waals surface area contributed by atoms with Gasteiger partial charge in [0.25, 0.3) is 0 Å². The molecular formula is C17H19ClN2O3. The molecule has 122 valence electrons. The molecule has 23 heavy (non-hydrogen) atoms. The average Bonchev–Trinajstić information content (AvgIpc) is 2.56. The summed E-state index contributed by atoms with van der Waals surface area (Å²) in [4.78, 5) is 12.1. The number of ether oxygens (including phenoxy) is 1. The molecule has 0 spiro atoms. The van der Waals surface area contributed by atoms with Crippen molar-refractivity contribution in [2.24, 2.45) is 0 Å². The van der Waals surface area contributed by atoms with Crippen molar-refractivity contribution in [3.05, 3.63) is 58.1 Å². The van der Waals surface area contributed by atoms with E-state index in [-0.39, 0.29) is 12.6 Å². The largest absolute Gasteiger partial charge is 0.495 e. The SMILES string of the molecule is COc1cc(Cl)c(C)cc1NC(=O)NCc1ccccc1CO. The quantitative estimate of drug-likeness (QED) is 0.784. The molecule has 0 atom stereocenters. The molecule has 2 aromatic carbocycles. The van der Waals surface area contributed by atoms with Gasteiger partial charge in [-0.05, 0) is 29.7 Å². The smallest absolute Gasteiger partial charge is 0.319 e. The summed E-state index contributed by atoms with van der Waals surface area (Å²) in [6.07, 6.45) is 0. The van der Waals surface area contributed by atoms with E-state index in [1.165, 1.54) is 7.11 Å². The number of carbonyl (C=O) groups is 1. The molecule has 0 fully saturated rings. The highest BCUT2D eigenvalue weighted by Gasteiger charge is 2.10. The summed E-state index contributed by atoms with van der Waals surface area (Å²) in [6.45, 7) is 2.10. The van der Waals surface area contributed by atoms with Gasteiger partial charge < -0.3 is 20.5 Å². The number of urea groups is 1. The normalized spacial score (nSPS) is 10.3. The van der Waals surface area contributed by atoms with E-state index in [1.54, 1.807) is 12.1 Å². The van der Waals surface area contributed by atoms with Gasteiger partial charge in [-0.3, -0.25) is 0 Å². The van der Waals surface area contributed by atoms with Crippen LogP contribution in [0.2, 0.25) is 5.02 Å². The molecule has 0 heterocycles. The van der Waals surface area contributed by atoms with Gasteiger partial charge in [0, 0.05) is 17.6 Å². The van der Waals surface area contributed by atoms with Crippen molar-refractivity contribution < 1.29 is 14.6 Å². The number of carbonyl (C=O) groups excluding carboxylic acids is 1. The zero-order chi connectivity index (χ0) is 16.8. The lowest BCUT2D eigenvalue weighted by Gasteiger charge is -2.13. The maximum absolute atomic E-state index is 12.1. The molecule has 5 nitrogen and oxygen atoms in total. The standard InChI is InChI=1S/C17H19ClN2O3/c1-11-7-15(16(23-2)8-14(11)18)20-17(22)19-9-12-5-3-4-6-13(12)10-21/h3-8,21H,9-10H2,1-2H3,(H2,19,20,22). The van der Waals surface area contributed by atoms with Crippen molar-refractivity contribution in [2.75, 3.05) is 12.4 Å². The first kappa shape index (κ1) is 17.1. The van der Waals surface area contributed by atoms with Gasteiger partial charge in [-0.25, -0.2) is 4.79 Å². The number of hydrogen-bond donors (Lipinski definition) is 3. The molecule has 2 rings (SSSR count). The Hall–Kier alpha value is -2.24. The van der Waals surface area contributed by atoms with Gasteiger partial charge in [-0.1, -0.05) is 35.9 Å². The van der Waals surface area contributed by atoms with E-state index in [9.17, 15) is 9.90 Å². The van der Waals surface area contributed by atoms with Gasteiger partial charge >= 0.3 is 6.03 Å². The zero-order valence-electron chi connectivity index (χ0n) is 13.0. The number of amides is 2. The number of anilines is 1. The first-order valence-electron chi connectivity index (χ1n) is 7.11. The molecule has 2 amide bonds. The van der Waals surface area contributed by atoms with Crippen molar-refractivity contribution in [1.82, 2.24) is 5.32 Å². The lowest BCUT2D eigenvalue weighted by molar-refractivity contribution is 0.251. The molecule has 3 N–H and O–H groups in total. The van der Waals surface area contributed by atoms with Gasteiger partial charge in [-0.15, -0.1) is 0 Å². The number of benzene rings is 2. The van der Waals surface area contributed by atoms with Crippen LogP contribution in [0.15, 0.2) is 36.4 Å². The van der Waals surface area contributed by atoms with E-state index in [2.05, 4.69) is 10.6 Å². The lowest BCUT2D eigenvalue weighted by Crippen LogP contribution is -2.28. The Bertz CT molecular complexity index is 704. The maximum atomic E-state index is 12.1. The number of rotatable bonds is 5. The van der Waals surface area contributed by atoms with Crippen molar-refractivity contribution in [3.8, 4) is 5.75 Å². The minimum atomic E-state index is -0.363. The molecular weight excluding hydrogens is 316 g/mol. The summed E-state index contributed by atoms with van der Waals surface area (Å²) >= 11 is 6.04. The maximum Gasteiger partial charge on any atom is 0.319 e. The summed E-state index contributed by atoms with van der Waals surface area (Å²) in [5, 5.41) is 15.4. The second-order valence-corrected chi connectivity index (χ2v) is 5.44. The summed E-state index contributed by atoms with van der Waals surface area (Å²) < 4.78 is 5.22. The van der Waals surface area contributed by atoms with Crippen LogP contribution >= 0.6 is 11.6 Å². The number of hydrogen-bond acceptors (Lipinski definition) is 3. The third kappa shape index (κ3) is 4.37. The van der Waals surface area contributed by atoms with Crippen LogP contribution in [0.25, 0.3) is 0 Å². The summed E-state index contributed by atoms with van der Waals surface area (Å²) in [7, 11) is 1.52. The molecule has 0 saturated carbocycles. The van der Waals surface area contributed by atoms with Crippen molar-refractivity contribution >= 4 is 23.3 Å². The molecule has 6 heteroatoms.